The molecule has 11 unspecified atom stereocenters. The van der Waals surface area contributed by atoms with Crippen LogP contribution in [0.4, 0.5) is 0 Å². The van der Waals surface area contributed by atoms with Crippen LogP contribution in [-0.4, -0.2) is 169 Å². The molecule has 4 heterocycles. The second kappa shape index (κ2) is 21.0. The maximum atomic E-state index is 14.6. The minimum absolute atomic E-state index is 0.0749. The van der Waals surface area contributed by atoms with Crippen molar-refractivity contribution in [2.24, 2.45) is 23.5 Å². The number of hydrogen-bond donors (Lipinski definition) is 13. The van der Waals surface area contributed by atoms with Gasteiger partial charge in [0.25, 0.3) is 0 Å². The number of fused-ring (bicyclic) bond motifs is 6. The molecule has 350 valence electrons. The van der Waals surface area contributed by atoms with Gasteiger partial charge in [-0.1, -0.05) is 27.2 Å². The summed E-state index contributed by atoms with van der Waals surface area (Å²) in [6, 6.07) is -4.30. The Balaban J connectivity index is 1.72. The van der Waals surface area contributed by atoms with Gasteiger partial charge in [-0.3, -0.25) is 47.4 Å². The summed E-state index contributed by atoms with van der Waals surface area (Å²) in [5.41, 5.74) is 5.70. The number of primary amides is 1. The van der Waals surface area contributed by atoms with Crippen LogP contribution in [0.5, 0.6) is 5.75 Å². The summed E-state index contributed by atoms with van der Waals surface area (Å²) in [5.74, 6) is -13.2. The Morgan fingerprint density at radius 3 is 2.19 bits per heavy atom. The number of hydrogen-bond acceptors (Lipinski definition) is 14. The number of aromatic hydroxyl groups is 1. The molecule has 9 amide bonds. The van der Waals surface area contributed by atoms with E-state index in [1.165, 1.54) is 25.1 Å². The smallest absolute Gasteiger partial charge is 0.245 e. The second-order valence-electron chi connectivity index (χ2n) is 16.2. The lowest BCUT2D eigenvalue weighted by Crippen LogP contribution is -2.59. The molecule has 0 spiro atoms. The van der Waals surface area contributed by atoms with Crippen LogP contribution in [0.1, 0.15) is 39.2 Å². The molecule has 0 aliphatic carbocycles. The zero-order valence-corrected chi connectivity index (χ0v) is 36.0. The molecule has 5 rings (SSSR count). The van der Waals surface area contributed by atoms with Gasteiger partial charge < -0.3 is 73.3 Å². The third-order valence-corrected chi connectivity index (χ3v) is 13.0. The molecular formula is C39H54N10O14S. The Morgan fingerprint density at radius 1 is 0.859 bits per heavy atom. The van der Waals surface area contributed by atoms with Crippen LogP contribution in [-0.2, 0) is 60.4 Å². The molecule has 64 heavy (non-hydrogen) atoms. The first-order chi connectivity index (χ1) is 30.2. The van der Waals surface area contributed by atoms with Crippen molar-refractivity contribution in [2.75, 3.05) is 38.5 Å². The number of benzene rings is 1. The fourth-order valence-corrected chi connectivity index (χ4v) is 9.05. The molecule has 11 atom stereocenters. The summed E-state index contributed by atoms with van der Waals surface area (Å²) < 4.78 is 14.6. The molecule has 4 bridgehead atoms. The molecule has 14 N–H and O–H groups in total. The standard InChI is InChI=1S/C39H54N10O14S/c1-4-16(2)31-36(60)42-10-29(55)43-25-15-64(63)38-20(19-6-5-18(51)7-22(19)46-38)8-23(34(58)41-11-30(56)47-31)44-37(61)32(17(3)27(53)14-50)48-33(57)21-12-49(13-26(21)52)39(62)24(9-28(40)54)45-35(25)59/h5-7,16-17,21,23-27,31-32,46,50-53H,4,8-15H2,1-3H3,(H2,40,54)(H,41,58)(H,42,60)(H,43,55)(H,44,61)(H,45,59)(H,47,56)(H,48,57). The molecule has 1 aromatic heterocycles. The Bertz CT molecular complexity index is 2200. The van der Waals surface area contributed by atoms with Crippen molar-refractivity contribution in [1.29, 1.82) is 0 Å². The maximum absolute atomic E-state index is 14.6. The van der Waals surface area contributed by atoms with Gasteiger partial charge in [0.05, 0.1) is 66.3 Å². The van der Waals surface area contributed by atoms with Crippen molar-refractivity contribution in [3.05, 3.63) is 23.8 Å². The first-order valence-corrected chi connectivity index (χ1v) is 21.9. The second-order valence-corrected chi connectivity index (χ2v) is 17.6. The molecule has 1 aromatic carbocycles. The fraction of sp³-hybridized carbons (Fsp3) is 0.564. The van der Waals surface area contributed by atoms with E-state index >= 15 is 0 Å². The molecule has 0 radical (unpaired) electrons. The normalized spacial score (nSPS) is 28.5. The average Bonchev–Trinajstić information content (AvgIpc) is 3.82. The van der Waals surface area contributed by atoms with Crippen LogP contribution >= 0.6 is 0 Å². The Morgan fingerprint density at radius 2 is 1.53 bits per heavy atom. The molecule has 1 fully saturated rings. The van der Waals surface area contributed by atoms with E-state index in [1.54, 1.807) is 13.8 Å². The first-order valence-electron chi connectivity index (χ1n) is 20.5. The molecule has 25 heteroatoms. The number of nitrogens with zero attached hydrogens (tertiary/aromatic N) is 1. The van der Waals surface area contributed by atoms with E-state index in [0.717, 1.165) is 4.90 Å². The molecule has 0 saturated carbocycles. The molecule has 1 saturated heterocycles. The SMILES string of the molecule is CCC(C)C1NC(=O)CNC(=O)C2Cc3c([nH]c4cc(O)ccc34)S(=O)CC(NC(=O)CNC1=O)C(=O)NC(CC(N)=O)C(=O)N1CC(O)C(C1)C(=O)NC(C(C)C(O)CO)C(=O)N2. The number of H-pyrrole nitrogens is 1. The van der Waals surface area contributed by atoms with Gasteiger partial charge in [-0.15, -0.1) is 0 Å². The number of rotatable bonds is 7. The number of nitrogens with two attached hydrogens (primary N) is 1. The molecular weight excluding hydrogens is 865 g/mol. The van der Waals surface area contributed by atoms with Crippen molar-refractivity contribution < 1.29 is 67.8 Å². The van der Waals surface area contributed by atoms with Crippen molar-refractivity contribution in [2.45, 2.75) is 87.5 Å². The van der Waals surface area contributed by atoms with Gasteiger partial charge in [-0.2, -0.15) is 0 Å². The summed E-state index contributed by atoms with van der Waals surface area (Å²) in [6.07, 6.45) is -4.18. The Labute approximate surface area is 368 Å². The van der Waals surface area contributed by atoms with Crippen LogP contribution in [0.2, 0.25) is 0 Å². The van der Waals surface area contributed by atoms with E-state index in [2.05, 4.69) is 42.2 Å². The number of carbonyl (C=O) groups excluding carboxylic acids is 9. The zero-order chi connectivity index (χ0) is 47.2. The third kappa shape index (κ3) is 11.5. The summed E-state index contributed by atoms with van der Waals surface area (Å²) in [5, 5.41) is 59.1. The van der Waals surface area contributed by atoms with Gasteiger partial charge in [0.1, 0.15) is 41.0 Å². The van der Waals surface area contributed by atoms with Crippen LogP contribution in [0, 0.1) is 17.8 Å². The monoisotopic (exact) mass is 918 g/mol. The van der Waals surface area contributed by atoms with Crippen LogP contribution in [0.3, 0.4) is 0 Å². The Kier molecular flexibility index (Phi) is 16.0. The van der Waals surface area contributed by atoms with Gasteiger partial charge in [-0.25, -0.2) is 0 Å². The number of nitrogens with one attached hydrogen (secondary N) is 8. The van der Waals surface area contributed by atoms with E-state index in [1.807, 2.05) is 0 Å². The molecule has 3 aliphatic heterocycles. The van der Waals surface area contributed by atoms with Gasteiger partial charge in [-0.05, 0) is 23.6 Å². The van der Waals surface area contributed by atoms with E-state index in [0.29, 0.717) is 6.42 Å². The predicted octanol–water partition coefficient (Wildman–Crippen LogP) is -6.06. The number of aliphatic hydroxyl groups is 3. The number of amides is 9. The van der Waals surface area contributed by atoms with E-state index in [-0.39, 0.29) is 27.2 Å². The Hall–Kier alpha value is -6.18. The van der Waals surface area contributed by atoms with E-state index < -0.39 is 176 Å². The highest BCUT2D eigenvalue weighted by atomic mass is 32.2. The molecule has 3 aliphatic rings. The number of carbonyl (C=O) groups is 9. The van der Waals surface area contributed by atoms with Crippen molar-refractivity contribution in [3.63, 3.8) is 0 Å². The lowest BCUT2D eigenvalue weighted by atomic mass is 9.93. The minimum Gasteiger partial charge on any atom is -0.508 e. The van der Waals surface area contributed by atoms with Gasteiger partial charge >= 0.3 is 0 Å². The predicted molar refractivity (Wildman–Crippen MR) is 222 cm³/mol. The van der Waals surface area contributed by atoms with E-state index in [9.17, 15) is 67.8 Å². The topological polar surface area (TPSA) is 381 Å². The third-order valence-electron chi connectivity index (χ3n) is 11.6. The van der Waals surface area contributed by atoms with Crippen LogP contribution in [0.15, 0.2) is 23.2 Å². The highest BCUT2D eigenvalue weighted by Crippen LogP contribution is 2.30. The van der Waals surface area contributed by atoms with Crippen LogP contribution < -0.4 is 43.0 Å². The number of aromatic amines is 1. The van der Waals surface area contributed by atoms with Gasteiger partial charge in [0.15, 0.2) is 0 Å². The number of aliphatic hydroxyl groups excluding tert-OH is 3. The van der Waals surface area contributed by atoms with Crippen molar-refractivity contribution in [1.82, 2.24) is 47.1 Å². The minimum atomic E-state index is -2.38. The summed E-state index contributed by atoms with van der Waals surface area (Å²) >= 11 is 0. The van der Waals surface area contributed by atoms with Gasteiger partial charge in [0.2, 0.25) is 53.2 Å². The zero-order valence-electron chi connectivity index (χ0n) is 35.2. The average molecular weight is 919 g/mol. The maximum Gasteiger partial charge on any atom is 0.245 e. The number of phenolic OH excluding ortho intramolecular Hbond substituents is 1. The van der Waals surface area contributed by atoms with Crippen molar-refractivity contribution >= 4 is 74.9 Å². The lowest BCUT2D eigenvalue weighted by Gasteiger charge is -2.30. The van der Waals surface area contributed by atoms with Gasteiger partial charge in [0, 0.05) is 36.9 Å². The number of phenols is 1. The summed E-state index contributed by atoms with van der Waals surface area (Å²) in [6.45, 7) is 1.27. The number of aromatic nitrogens is 1. The summed E-state index contributed by atoms with van der Waals surface area (Å²) in [7, 11) is -2.38. The highest BCUT2D eigenvalue weighted by Gasteiger charge is 2.44. The van der Waals surface area contributed by atoms with E-state index in [4.69, 9.17) is 5.73 Å². The quantitative estimate of drug-likeness (QED) is 0.123. The summed E-state index contributed by atoms with van der Waals surface area (Å²) in [4.78, 5) is 127. The molecule has 24 nitrogen and oxygen atoms in total. The highest BCUT2D eigenvalue weighted by molar-refractivity contribution is 7.85. The van der Waals surface area contributed by atoms with Crippen molar-refractivity contribution in [3.8, 4) is 5.75 Å². The fourth-order valence-electron chi connectivity index (χ4n) is 7.65. The largest absolute Gasteiger partial charge is 0.508 e. The first kappa shape index (κ1) is 48.8. The van der Waals surface area contributed by atoms with Crippen LogP contribution in [0.25, 0.3) is 10.9 Å². The lowest BCUT2D eigenvalue weighted by molar-refractivity contribution is -0.139. The molecule has 2 aromatic rings.